The molecule has 0 radical (unpaired) electrons. The minimum atomic E-state index is -0.137. The topological polar surface area (TPSA) is 20.2 Å². The van der Waals surface area contributed by atoms with Crippen molar-refractivity contribution in [1.82, 2.24) is 0 Å². The Morgan fingerprint density at radius 3 is 2.44 bits per heavy atom. The largest absolute Gasteiger partial charge is 0.392 e. The van der Waals surface area contributed by atoms with Crippen LogP contribution in [-0.4, -0.2) is 11.2 Å². The van der Waals surface area contributed by atoms with Crippen molar-refractivity contribution < 1.29 is 5.11 Å². The van der Waals surface area contributed by atoms with Crippen LogP contribution in [0, 0.1) is 29.1 Å². The molecular weight excluding hydrogens is 220 g/mol. The maximum atomic E-state index is 10.6. The van der Waals surface area contributed by atoms with Gasteiger partial charge >= 0.3 is 0 Å². The van der Waals surface area contributed by atoms with Crippen LogP contribution in [0.3, 0.4) is 0 Å². The quantitative estimate of drug-likeness (QED) is 0.683. The van der Waals surface area contributed by atoms with Crippen LogP contribution in [0.1, 0.15) is 60.8 Å². The standard InChI is InChI=1S/C17H30O/c1-10(2)14-7-8-17(6)15(18)9-11(3)12(4)16(17)13(14)5/h10-11,13-15,18H,7-9H2,1-6H3/t11-,13-,14+,15-,17+/m1/s1. The monoisotopic (exact) mass is 250 g/mol. The first-order valence-corrected chi connectivity index (χ1v) is 7.68. The molecule has 1 N–H and O–H groups in total. The summed E-state index contributed by atoms with van der Waals surface area (Å²) in [6.45, 7) is 14.0. The molecule has 2 rings (SSSR count). The first kappa shape index (κ1) is 14.1. The van der Waals surface area contributed by atoms with Crippen molar-refractivity contribution in [2.45, 2.75) is 66.9 Å². The van der Waals surface area contributed by atoms with E-state index in [4.69, 9.17) is 0 Å². The van der Waals surface area contributed by atoms with Crippen molar-refractivity contribution >= 4 is 0 Å². The van der Waals surface area contributed by atoms with E-state index in [-0.39, 0.29) is 11.5 Å². The Kier molecular flexibility index (Phi) is 3.66. The second-order valence-corrected chi connectivity index (χ2v) is 7.40. The van der Waals surface area contributed by atoms with Crippen molar-refractivity contribution in [2.24, 2.45) is 29.1 Å². The Morgan fingerprint density at radius 2 is 1.89 bits per heavy atom. The fourth-order valence-corrected chi connectivity index (χ4v) is 4.69. The van der Waals surface area contributed by atoms with Gasteiger partial charge in [-0.1, -0.05) is 45.8 Å². The molecule has 5 atom stereocenters. The Labute approximate surface area is 113 Å². The summed E-state index contributed by atoms with van der Waals surface area (Å²) in [5.41, 5.74) is 3.22. The van der Waals surface area contributed by atoms with E-state index in [0.29, 0.717) is 11.8 Å². The molecule has 0 aromatic heterocycles. The minimum absolute atomic E-state index is 0.0569. The molecule has 0 bridgehead atoms. The first-order chi connectivity index (χ1) is 8.29. The van der Waals surface area contributed by atoms with Crippen LogP contribution in [-0.2, 0) is 0 Å². The Hall–Kier alpha value is -0.300. The molecule has 0 aromatic carbocycles. The molecule has 18 heavy (non-hydrogen) atoms. The highest BCUT2D eigenvalue weighted by Crippen LogP contribution is 2.55. The lowest BCUT2D eigenvalue weighted by Gasteiger charge is -2.52. The lowest BCUT2D eigenvalue weighted by molar-refractivity contribution is -0.00534. The number of hydrogen-bond donors (Lipinski definition) is 1. The summed E-state index contributed by atoms with van der Waals surface area (Å²) in [6.07, 6.45) is 3.25. The lowest BCUT2D eigenvalue weighted by atomic mass is 9.54. The summed E-state index contributed by atoms with van der Waals surface area (Å²) in [7, 11) is 0. The van der Waals surface area contributed by atoms with Crippen LogP contribution in [0.5, 0.6) is 0 Å². The van der Waals surface area contributed by atoms with Crippen molar-refractivity contribution in [3.63, 3.8) is 0 Å². The second-order valence-electron chi connectivity index (χ2n) is 7.40. The van der Waals surface area contributed by atoms with Crippen molar-refractivity contribution in [1.29, 1.82) is 0 Å². The Balaban J connectivity index is 2.44. The molecule has 0 spiro atoms. The van der Waals surface area contributed by atoms with Gasteiger partial charge in [-0.2, -0.15) is 0 Å². The lowest BCUT2D eigenvalue weighted by Crippen LogP contribution is -2.47. The molecule has 104 valence electrons. The van der Waals surface area contributed by atoms with Crippen LogP contribution >= 0.6 is 0 Å². The van der Waals surface area contributed by atoms with E-state index in [1.807, 2.05) is 0 Å². The van der Waals surface area contributed by atoms with Gasteiger partial charge in [-0.25, -0.2) is 0 Å². The number of fused-ring (bicyclic) bond motifs is 1. The van der Waals surface area contributed by atoms with Crippen LogP contribution in [0.25, 0.3) is 0 Å². The third kappa shape index (κ3) is 1.95. The first-order valence-electron chi connectivity index (χ1n) is 7.68. The Morgan fingerprint density at radius 1 is 1.28 bits per heavy atom. The summed E-state index contributed by atoms with van der Waals surface area (Å²) >= 11 is 0. The van der Waals surface area contributed by atoms with Crippen molar-refractivity contribution in [3.8, 4) is 0 Å². The molecule has 1 saturated carbocycles. The second kappa shape index (κ2) is 4.67. The van der Waals surface area contributed by atoms with Crippen molar-refractivity contribution in [2.75, 3.05) is 0 Å². The molecule has 0 aromatic rings. The van der Waals surface area contributed by atoms with E-state index in [1.54, 1.807) is 11.1 Å². The normalized spacial score (nSPS) is 45.3. The third-order valence-corrected chi connectivity index (χ3v) is 6.04. The van der Waals surface area contributed by atoms with Gasteiger partial charge in [-0.15, -0.1) is 0 Å². The molecule has 0 heterocycles. The predicted molar refractivity (Wildman–Crippen MR) is 77.3 cm³/mol. The molecule has 0 saturated heterocycles. The van der Waals surface area contributed by atoms with E-state index in [9.17, 15) is 5.11 Å². The summed E-state index contributed by atoms with van der Waals surface area (Å²) in [5.74, 6) is 2.73. The van der Waals surface area contributed by atoms with Crippen molar-refractivity contribution in [3.05, 3.63) is 11.1 Å². The van der Waals surface area contributed by atoms with Gasteiger partial charge in [0.05, 0.1) is 6.10 Å². The predicted octanol–water partition coefficient (Wildman–Crippen LogP) is 4.41. The van der Waals surface area contributed by atoms with Gasteiger partial charge in [0.1, 0.15) is 0 Å². The number of rotatable bonds is 1. The molecule has 0 unspecified atom stereocenters. The number of aliphatic hydroxyl groups excluding tert-OH is 1. The van der Waals surface area contributed by atoms with Crippen LogP contribution in [0.4, 0.5) is 0 Å². The van der Waals surface area contributed by atoms with E-state index in [0.717, 1.165) is 18.3 Å². The molecule has 2 aliphatic rings. The van der Waals surface area contributed by atoms with Gasteiger partial charge in [0, 0.05) is 5.41 Å². The van der Waals surface area contributed by atoms with Gasteiger partial charge in [0.15, 0.2) is 0 Å². The summed E-state index contributed by atoms with van der Waals surface area (Å²) in [4.78, 5) is 0. The molecule has 0 amide bonds. The number of allylic oxidation sites excluding steroid dienone is 1. The average molecular weight is 250 g/mol. The van der Waals surface area contributed by atoms with E-state index < -0.39 is 0 Å². The SMILES string of the molecule is CC1=C2[C@H](C)[C@H](C(C)C)CC[C@@]2(C)[C@H](O)C[C@H]1C. The van der Waals surface area contributed by atoms with Gasteiger partial charge in [-0.3, -0.25) is 0 Å². The zero-order valence-electron chi connectivity index (χ0n) is 13.0. The fourth-order valence-electron chi connectivity index (χ4n) is 4.69. The zero-order chi connectivity index (χ0) is 13.7. The highest BCUT2D eigenvalue weighted by Gasteiger charge is 2.48. The zero-order valence-corrected chi connectivity index (χ0v) is 13.0. The maximum Gasteiger partial charge on any atom is 0.0636 e. The molecule has 1 heteroatoms. The Bertz CT molecular complexity index is 355. The highest BCUT2D eigenvalue weighted by molar-refractivity contribution is 5.31. The molecular formula is C17H30O. The van der Waals surface area contributed by atoms with Gasteiger partial charge < -0.3 is 5.11 Å². The maximum absolute atomic E-state index is 10.6. The van der Waals surface area contributed by atoms with Gasteiger partial charge in [-0.05, 0) is 49.9 Å². The highest BCUT2D eigenvalue weighted by atomic mass is 16.3. The minimum Gasteiger partial charge on any atom is -0.392 e. The van der Waals surface area contributed by atoms with Crippen LogP contribution in [0.15, 0.2) is 11.1 Å². The number of hydrogen-bond acceptors (Lipinski definition) is 1. The summed E-state index contributed by atoms with van der Waals surface area (Å²) in [5, 5.41) is 10.6. The van der Waals surface area contributed by atoms with E-state index >= 15 is 0 Å². The van der Waals surface area contributed by atoms with E-state index in [1.165, 1.54) is 12.8 Å². The fraction of sp³-hybridized carbons (Fsp3) is 0.882. The smallest absolute Gasteiger partial charge is 0.0636 e. The van der Waals surface area contributed by atoms with Gasteiger partial charge in [0.25, 0.3) is 0 Å². The van der Waals surface area contributed by atoms with Crippen LogP contribution < -0.4 is 0 Å². The molecule has 2 aliphatic carbocycles. The molecule has 1 nitrogen and oxygen atoms in total. The molecule has 0 aliphatic heterocycles. The molecule has 1 fully saturated rings. The third-order valence-electron chi connectivity index (χ3n) is 6.04. The number of aliphatic hydroxyl groups is 1. The van der Waals surface area contributed by atoms with Crippen LogP contribution in [0.2, 0.25) is 0 Å². The summed E-state index contributed by atoms with van der Waals surface area (Å²) < 4.78 is 0. The summed E-state index contributed by atoms with van der Waals surface area (Å²) in [6, 6.07) is 0. The van der Waals surface area contributed by atoms with E-state index in [2.05, 4.69) is 41.5 Å². The average Bonchev–Trinajstić information content (AvgIpc) is 2.26. The van der Waals surface area contributed by atoms with Gasteiger partial charge in [0.2, 0.25) is 0 Å².